The molecule has 57 heavy (non-hydrogen) atoms. The predicted molar refractivity (Wildman–Crippen MR) is 222 cm³/mol. The molecule has 0 saturated heterocycles. The monoisotopic (exact) mass is 790 g/mol. The van der Waals surface area contributed by atoms with Crippen LogP contribution in [-0.2, 0) is 64.1 Å². The number of hydrogen-bond acceptors (Lipinski definition) is 10. The number of hydrogen-bond donors (Lipinski definition) is 4. The van der Waals surface area contributed by atoms with E-state index in [0.29, 0.717) is 36.0 Å². The van der Waals surface area contributed by atoms with Crippen LogP contribution in [0.2, 0.25) is 0 Å². The van der Waals surface area contributed by atoms with Gasteiger partial charge in [0, 0.05) is 19.3 Å². The molecule has 314 valence electrons. The molecule has 4 N–H and O–H groups in total. The number of aryl methyl sites for hydroxylation is 6. The van der Waals surface area contributed by atoms with Gasteiger partial charge in [0.1, 0.15) is 37.1 Å². The number of phenols is 3. The number of esters is 3. The maximum atomic E-state index is 13.1. The zero-order valence-electron chi connectivity index (χ0n) is 36.3. The largest absolute Gasteiger partial charge is 0.507 e. The lowest BCUT2D eigenvalue weighted by molar-refractivity contribution is -0.165. The highest BCUT2D eigenvalue weighted by Crippen LogP contribution is 2.37. The molecular weight excluding hydrogens is 725 g/mol. The highest BCUT2D eigenvalue weighted by molar-refractivity contribution is 5.71. The van der Waals surface area contributed by atoms with E-state index in [9.17, 15) is 34.8 Å². The third kappa shape index (κ3) is 13.2. The second kappa shape index (κ2) is 18.8. The van der Waals surface area contributed by atoms with E-state index < -0.39 is 29.9 Å². The molecule has 10 nitrogen and oxygen atoms in total. The van der Waals surface area contributed by atoms with E-state index in [2.05, 4.69) is 0 Å². The van der Waals surface area contributed by atoms with Crippen LogP contribution in [0.4, 0.5) is 0 Å². The molecule has 10 heteroatoms. The summed E-state index contributed by atoms with van der Waals surface area (Å²) in [5.74, 6) is -0.973. The Hall–Kier alpha value is -4.57. The summed E-state index contributed by atoms with van der Waals surface area (Å²) in [7, 11) is 0. The van der Waals surface area contributed by atoms with E-state index >= 15 is 0 Å². The van der Waals surface area contributed by atoms with Gasteiger partial charge < -0.3 is 34.6 Å². The van der Waals surface area contributed by atoms with Crippen molar-refractivity contribution in [2.24, 2.45) is 5.41 Å². The molecule has 3 aromatic rings. The number of aromatic hydroxyl groups is 3. The Morgan fingerprint density at radius 2 is 0.719 bits per heavy atom. The van der Waals surface area contributed by atoms with Crippen molar-refractivity contribution in [3.63, 3.8) is 0 Å². The Morgan fingerprint density at radius 1 is 0.474 bits per heavy atom. The molecule has 0 bridgehead atoms. The number of aliphatic hydroxyl groups is 1. The third-order valence-corrected chi connectivity index (χ3v) is 10.3. The second-order valence-electron chi connectivity index (χ2n) is 18.8. The summed E-state index contributed by atoms with van der Waals surface area (Å²) >= 11 is 0. The van der Waals surface area contributed by atoms with E-state index in [0.717, 1.165) is 33.4 Å². The fraction of sp³-hybridized carbons (Fsp3) is 0.553. The van der Waals surface area contributed by atoms with Gasteiger partial charge in [-0.2, -0.15) is 0 Å². The van der Waals surface area contributed by atoms with Crippen molar-refractivity contribution in [1.82, 2.24) is 0 Å². The van der Waals surface area contributed by atoms with Crippen LogP contribution in [0.3, 0.4) is 0 Å². The van der Waals surface area contributed by atoms with Gasteiger partial charge in [0.2, 0.25) is 0 Å². The third-order valence-electron chi connectivity index (χ3n) is 10.3. The molecule has 0 aliphatic carbocycles. The molecular formula is C47H66O10. The summed E-state index contributed by atoms with van der Waals surface area (Å²) in [6, 6.07) is 11.2. The zero-order chi connectivity index (χ0) is 43.1. The molecule has 0 fully saturated rings. The molecule has 0 amide bonds. The smallest absolute Gasteiger partial charge is 0.306 e. The first-order chi connectivity index (χ1) is 26.3. The number of rotatable bonds is 16. The molecule has 0 radical (unpaired) electrons. The van der Waals surface area contributed by atoms with Crippen molar-refractivity contribution in [1.29, 1.82) is 0 Å². The standard InChI is InChI=1S/C47H66O10/c1-29-19-32(22-35(41(29)52)44(4,5)6)13-16-38(49)55-26-47(25-48,27-56-39(50)17-14-33-20-30(2)42(53)36(23-33)45(7,8)9)28-57-40(51)18-15-34-21-31(3)43(54)37(24-34)46(10,11)12/h19-24,48,52-54H,13-18,25-28H2,1-12H3. The Balaban J connectivity index is 1.73. The van der Waals surface area contributed by atoms with E-state index in [-0.39, 0.29) is 72.6 Å². The lowest BCUT2D eigenvalue weighted by Gasteiger charge is -2.30. The van der Waals surface area contributed by atoms with Crippen LogP contribution in [0.15, 0.2) is 36.4 Å². The van der Waals surface area contributed by atoms with Crippen LogP contribution in [0.5, 0.6) is 17.2 Å². The molecule has 0 saturated carbocycles. The van der Waals surface area contributed by atoms with Crippen LogP contribution in [0.1, 0.15) is 132 Å². The molecule has 0 aromatic heterocycles. The minimum absolute atomic E-state index is 0.0140. The first kappa shape index (κ1) is 46.8. The second-order valence-corrected chi connectivity index (χ2v) is 18.8. The number of phenolic OH excluding ortho intramolecular Hbond substituents is 3. The first-order valence-electron chi connectivity index (χ1n) is 19.8. The Morgan fingerprint density at radius 3 is 0.930 bits per heavy atom. The molecule has 0 unspecified atom stereocenters. The number of benzene rings is 3. The Labute approximate surface area is 339 Å². The van der Waals surface area contributed by atoms with Gasteiger partial charge in [-0.1, -0.05) is 98.7 Å². The van der Waals surface area contributed by atoms with E-state index in [1.54, 1.807) is 0 Å². The van der Waals surface area contributed by atoms with E-state index in [4.69, 9.17) is 14.2 Å². The molecule has 0 spiro atoms. The molecule has 3 aromatic carbocycles. The fourth-order valence-electron chi connectivity index (χ4n) is 6.63. The SMILES string of the molecule is Cc1cc(CCC(=O)OCC(CO)(COC(=O)CCc2cc(C)c(O)c(C(C)(C)C)c2)COC(=O)CCc2cc(C)c(O)c(C(C)(C)C)c2)cc(C(C)(C)C)c1O. The Bertz CT molecular complexity index is 1690. The quantitative estimate of drug-likeness (QED) is 0.0820. The summed E-state index contributed by atoms with van der Waals surface area (Å²) in [6.07, 6.45) is 1.08. The minimum atomic E-state index is -1.43. The van der Waals surface area contributed by atoms with E-state index in [1.807, 2.05) is 119 Å². The van der Waals surface area contributed by atoms with Gasteiger partial charge in [-0.25, -0.2) is 0 Å². The van der Waals surface area contributed by atoms with Crippen molar-refractivity contribution in [2.45, 2.75) is 138 Å². The average molecular weight is 791 g/mol. The summed E-state index contributed by atoms with van der Waals surface area (Å²) in [5.41, 5.74) is 4.68. The lowest BCUT2D eigenvalue weighted by atomic mass is 9.83. The van der Waals surface area contributed by atoms with Gasteiger partial charge in [-0.05, 0) is 106 Å². The summed E-state index contributed by atoms with van der Waals surface area (Å²) in [4.78, 5) is 39.3. The summed E-state index contributed by atoms with van der Waals surface area (Å²) < 4.78 is 17.0. The maximum Gasteiger partial charge on any atom is 0.306 e. The lowest BCUT2D eigenvalue weighted by Crippen LogP contribution is -2.42. The topological polar surface area (TPSA) is 160 Å². The van der Waals surface area contributed by atoms with Gasteiger partial charge in [0.25, 0.3) is 0 Å². The van der Waals surface area contributed by atoms with Crippen molar-refractivity contribution in [3.8, 4) is 17.2 Å². The highest BCUT2D eigenvalue weighted by Gasteiger charge is 2.36. The minimum Gasteiger partial charge on any atom is -0.507 e. The highest BCUT2D eigenvalue weighted by atomic mass is 16.6. The summed E-state index contributed by atoms with van der Waals surface area (Å²) in [6.45, 7) is 21.7. The van der Waals surface area contributed by atoms with Gasteiger partial charge in [0.05, 0.1) is 12.0 Å². The van der Waals surface area contributed by atoms with Gasteiger partial charge in [-0.15, -0.1) is 0 Å². The number of ether oxygens (including phenoxy) is 3. The normalized spacial score (nSPS) is 12.4. The van der Waals surface area contributed by atoms with Gasteiger partial charge >= 0.3 is 17.9 Å². The van der Waals surface area contributed by atoms with Crippen LogP contribution < -0.4 is 0 Å². The van der Waals surface area contributed by atoms with E-state index in [1.165, 1.54) is 0 Å². The fourth-order valence-corrected chi connectivity index (χ4v) is 6.63. The van der Waals surface area contributed by atoms with Crippen molar-refractivity contribution < 1.29 is 49.0 Å². The molecule has 0 atom stereocenters. The van der Waals surface area contributed by atoms with Gasteiger partial charge in [0.15, 0.2) is 0 Å². The zero-order valence-corrected chi connectivity index (χ0v) is 36.3. The van der Waals surface area contributed by atoms with Crippen molar-refractivity contribution in [2.75, 3.05) is 26.4 Å². The van der Waals surface area contributed by atoms with Crippen LogP contribution in [0.25, 0.3) is 0 Å². The summed E-state index contributed by atoms with van der Waals surface area (Å²) in [5, 5.41) is 42.5. The molecule has 0 heterocycles. The Kier molecular flexibility index (Phi) is 15.4. The number of carbonyl (C=O) groups is 3. The van der Waals surface area contributed by atoms with Gasteiger partial charge in [-0.3, -0.25) is 14.4 Å². The first-order valence-corrected chi connectivity index (χ1v) is 19.8. The van der Waals surface area contributed by atoms with Crippen molar-refractivity contribution >= 4 is 17.9 Å². The number of aliphatic hydroxyl groups excluding tert-OH is 1. The van der Waals surface area contributed by atoms with Crippen LogP contribution >= 0.6 is 0 Å². The van der Waals surface area contributed by atoms with Crippen LogP contribution in [0, 0.1) is 26.2 Å². The average Bonchev–Trinajstić information content (AvgIpc) is 3.11. The molecule has 3 rings (SSSR count). The maximum absolute atomic E-state index is 13.1. The van der Waals surface area contributed by atoms with Crippen LogP contribution in [-0.4, -0.2) is 64.8 Å². The predicted octanol–water partition coefficient (Wildman–Crippen LogP) is 8.43. The van der Waals surface area contributed by atoms with Crippen molar-refractivity contribution in [3.05, 3.63) is 86.5 Å². The molecule has 0 aliphatic heterocycles. The number of carbonyl (C=O) groups excluding carboxylic acids is 3. The molecule has 0 aliphatic rings.